The molecule has 0 aliphatic heterocycles. The quantitative estimate of drug-likeness (QED) is 0.800. The molecule has 0 radical (unpaired) electrons. The van der Waals surface area contributed by atoms with Gasteiger partial charge < -0.3 is 9.15 Å². The van der Waals surface area contributed by atoms with Crippen molar-refractivity contribution in [2.24, 2.45) is 0 Å². The minimum atomic E-state index is -0.362. The molecule has 0 saturated carbocycles. The van der Waals surface area contributed by atoms with Crippen LogP contribution in [0, 0.1) is 19.7 Å². The van der Waals surface area contributed by atoms with E-state index >= 15 is 0 Å². The van der Waals surface area contributed by atoms with Crippen LogP contribution in [0.25, 0.3) is 0 Å². The molecule has 1 heterocycles. The van der Waals surface area contributed by atoms with Crippen molar-refractivity contribution in [2.75, 3.05) is 0 Å². The highest BCUT2D eigenvalue weighted by Gasteiger charge is 2.08. The van der Waals surface area contributed by atoms with Crippen molar-refractivity contribution in [3.8, 4) is 5.75 Å². The first kappa shape index (κ1) is 10.6. The Morgan fingerprint density at radius 1 is 1.31 bits per heavy atom. The van der Waals surface area contributed by atoms with Crippen LogP contribution in [-0.2, 0) is 6.61 Å². The normalized spacial score (nSPS) is 10.4. The largest absolute Gasteiger partial charge is 0.481 e. The minimum absolute atomic E-state index is 0.0706. The van der Waals surface area contributed by atoms with E-state index in [1.165, 1.54) is 0 Å². The van der Waals surface area contributed by atoms with Gasteiger partial charge in [-0.3, -0.25) is 0 Å². The number of aromatic nitrogens is 2. The number of aryl methyl sites for hydroxylation is 2. The lowest BCUT2D eigenvalue weighted by Crippen LogP contribution is -1.98. The minimum Gasteiger partial charge on any atom is -0.481 e. The summed E-state index contributed by atoms with van der Waals surface area (Å²) in [4.78, 5) is 0. The molecule has 16 heavy (non-hydrogen) atoms. The van der Waals surface area contributed by atoms with Gasteiger partial charge in [0.25, 0.3) is 5.89 Å². The van der Waals surface area contributed by atoms with Crippen LogP contribution in [0.5, 0.6) is 5.75 Å². The standard InChI is InChI=1S/C11H11FN2O2/c1-7-4-3-5-9(11(7)12)15-6-10-14-13-8(2)16-10/h3-5H,6H2,1-2H3. The lowest BCUT2D eigenvalue weighted by atomic mass is 10.2. The molecule has 0 spiro atoms. The third-order valence-electron chi connectivity index (χ3n) is 2.08. The molecule has 2 aromatic rings. The molecular weight excluding hydrogens is 211 g/mol. The molecule has 0 saturated heterocycles. The molecule has 4 nitrogen and oxygen atoms in total. The van der Waals surface area contributed by atoms with Crippen molar-refractivity contribution >= 4 is 0 Å². The van der Waals surface area contributed by atoms with Gasteiger partial charge in [-0.2, -0.15) is 0 Å². The van der Waals surface area contributed by atoms with Gasteiger partial charge in [0, 0.05) is 6.92 Å². The molecule has 0 fully saturated rings. The Hall–Kier alpha value is -1.91. The van der Waals surface area contributed by atoms with E-state index < -0.39 is 0 Å². The van der Waals surface area contributed by atoms with E-state index in [-0.39, 0.29) is 18.2 Å². The van der Waals surface area contributed by atoms with Crippen LogP contribution in [0.1, 0.15) is 17.3 Å². The summed E-state index contributed by atoms with van der Waals surface area (Å²) in [6.07, 6.45) is 0. The number of hydrogen-bond donors (Lipinski definition) is 0. The summed E-state index contributed by atoms with van der Waals surface area (Å²) in [6, 6.07) is 4.97. The maximum atomic E-state index is 13.5. The monoisotopic (exact) mass is 222 g/mol. The lowest BCUT2D eigenvalue weighted by Gasteiger charge is -2.05. The Balaban J connectivity index is 2.07. The van der Waals surface area contributed by atoms with Gasteiger partial charge in [0.15, 0.2) is 18.2 Å². The van der Waals surface area contributed by atoms with Crippen molar-refractivity contribution < 1.29 is 13.5 Å². The van der Waals surface area contributed by atoms with E-state index in [1.807, 2.05) is 0 Å². The molecule has 84 valence electrons. The van der Waals surface area contributed by atoms with Crippen molar-refractivity contribution in [1.82, 2.24) is 10.2 Å². The average Bonchev–Trinajstić information content (AvgIpc) is 2.67. The van der Waals surface area contributed by atoms with E-state index in [9.17, 15) is 4.39 Å². The van der Waals surface area contributed by atoms with Gasteiger partial charge in [0.1, 0.15) is 0 Å². The Kier molecular flexibility index (Phi) is 2.85. The molecule has 2 rings (SSSR count). The first-order valence-electron chi connectivity index (χ1n) is 4.83. The Morgan fingerprint density at radius 2 is 2.12 bits per heavy atom. The van der Waals surface area contributed by atoms with Crippen LogP contribution in [0.3, 0.4) is 0 Å². The molecule has 0 aliphatic carbocycles. The summed E-state index contributed by atoms with van der Waals surface area (Å²) < 4.78 is 23.9. The number of ether oxygens (including phenoxy) is 1. The number of halogens is 1. The second-order valence-corrected chi connectivity index (χ2v) is 3.39. The second-order valence-electron chi connectivity index (χ2n) is 3.39. The highest BCUT2D eigenvalue weighted by atomic mass is 19.1. The SMILES string of the molecule is Cc1nnc(COc2cccc(C)c2F)o1. The van der Waals surface area contributed by atoms with Gasteiger partial charge in [-0.15, -0.1) is 10.2 Å². The molecular formula is C11H11FN2O2. The fraction of sp³-hybridized carbons (Fsp3) is 0.273. The third-order valence-corrected chi connectivity index (χ3v) is 2.08. The van der Waals surface area contributed by atoms with Crippen LogP contribution in [0.4, 0.5) is 4.39 Å². The first-order valence-corrected chi connectivity index (χ1v) is 4.83. The zero-order valence-corrected chi connectivity index (χ0v) is 9.03. The van der Waals surface area contributed by atoms with Crippen LogP contribution in [0.2, 0.25) is 0 Å². The van der Waals surface area contributed by atoms with E-state index in [4.69, 9.17) is 9.15 Å². The van der Waals surface area contributed by atoms with Gasteiger partial charge in [-0.05, 0) is 18.6 Å². The molecule has 1 aromatic carbocycles. The molecule has 0 unspecified atom stereocenters. The highest BCUT2D eigenvalue weighted by Crippen LogP contribution is 2.20. The van der Waals surface area contributed by atoms with E-state index in [0.29, 0.717) is 17.3 Å². The summed E-state index contributed by atoms with van der Waals surface area (Å²) in [5.74, 6) is 0.622. The van der Waals surface area contributed by atoms with Crippen molar-refractivity contribution in [3.63, 3.8) is 0 Å². The van der Waals surface area contributed by atoms with Crippen molar-refractivity contribution in [3.05, 3.63) is 41.4 Å². The van der Waals surface area contributed by atoms with E-state index in [1.54, 1.807) is 32.0 Å². The van der Waals surface area contributed by atoms with Crippen molar-refractivity contribution in [2.45, 2.75) is 20.5 Å². The van der Waals surface area contributed by atoms with Crippen LogP contribution < -0.4 is 4.74 Å². The summed E-state index contributed by atoms with van der Waals surface area (Å²) in [5, 5.41) is 7.40. The summed E-state index contributed by atoms with van der Waals surface area (Å²) in [5.41, 5.74) is 0.541. The predicted molar refractivity (Wildman–Crippen MR) is 54.5 cm³/mol. The van der Waals surface area contributed by atoms with Gasteiger partial charge in [-0.1, -0.05) is 12.1 Å². The molecule has 0 bridgehead atoms. The summed E-state index contributed by atoms with van der Waals surface area (Å²) >= 11 is 0. The zero-order valence-electron chi connectivity index (χ0n) is 9.03. The number of benzene rings is 1. The summed E-state index contributed by atoms with van der Waals surface area (Å²) in [6.45, 7) is 3.43. The average molecular weight is 222 g/mol. The number of hydrogen-bond acceptors (Lipinski definition) is 4. The molecule has 0 amide bonds. The number of rotatable bonds is 3. The smallest absolute Gasteiger partial charge is 0.253 e. The van der Waals surface area contributed by atoms with Gasteiger partial charge >= 0.3 is 0 Å². The number of nitrogens with zero attached hydrogens (tertiary/aromatic N) is 2. The Bertz CT molecular complexity index is 496. The van der Waals surface area contributed by atoms with Gasteiger partial charge in [0.2, 0.25) is 5.89 Å². The maximum absolute atomic E-state index is 13.5. The lowest BCUT2D eigenvalue weighted by molar-refractivity contribution is 0.249. The Morgan fingerprint density at radius 3 is 2.81 bits per heavy atom. The molecule has 1 aromatic heterocycles. The van der Waals surface area contributed by atoms with Crippen molar-refractivity contribution in [1.29, 1.82) is 0 Å². The fourth-order valence-corrected chi connectivity index (χ4v) is 1.27. The third kappa shape index (κ3) is 2.18. The second kappa shape index (κ2) is 4.30. The van der Waals surface area contributed by atoms with Crippen LogP contribution in [0.15, 0.2) is 22.6 Å². The molecule has 0 atom stereocenters. The van der Waals surface area contributed by atoms with E-state index in [2.05, 4.69) is 10.2 Å². The zero-order chi connectivity index (χ0) is 11.5. The van der Waals surface area contributed by atoms with E-state index in [0.717, 1.165) is 0 Å². The molecule has 0 aliphatic rings. The molecule has 5 heteroatoms. The molecule has 0 N–H and O–H groups in total. The van der Waals surface area contributed by atoms with Crippen LogP contribution >= 0.6 is 0 Å². The predicted octanol–water partition coefficient (Wildman–Crippen LogP) is 2.40. The summed E-state index contributed by atoms with van der Waals surface area (Å²) in [7, 11) is 0. The maximum Gasteiger partial charge on any atom is 0.253 e. The van der Waals surface area contributed by atoms with Gasteiger partial charge in [0.05, 0.1) is 0 Å². The van der Waals surface area contributed by atoms with Crippen LogP contribution in [-0.4, -0.2) is 10.2 Å². The fourth-order valence-electron chi connectivity index (χ4n) is 1.27. The highest BCUT2D eigenvalue weighted by molar-refractivity contribution is 5.30. The first-order chi connectivity index (χ1) is 7.66. The topological polar surface area (TPSA) is 48.2 Å². The Labute approximate surface area is 92.1 Å². The van der Waals surface area contributed by atoms with Gasteiger partial charge in [-0.25, -0.2) is 4.39 Å².